The van der Waals surface area contributed by atoms with Gasteiger partial charge in [-0.1, -0.05) is 6.07 Å². The van der Waals surface area contributed by atoms with Crippen LogP contribution in [-0.4, -0.2) is 23.5 Å². The van der Waals surface area contributed by atoms with Gasteiger partial charge in [0.25, 0.3) is 5.91 Å². The molecular formula is C15H17BrFNO3. The molecule has 0 bridgehead atoms. The third kappa shape index (κ3) is 4.03. The number of nitrogens with one attached hydrogen (secondary N) is 1. The highest BCUT2D eigenvalue weighted by Crippen LogP contribution is 2.28. The number of carboxylic acid groups (broad SMARTS) is 1. The van der Waals surface area contributed by atoms with E-state index in [-0.39, 0.29) is 17.4 Å². The summed E-state index contributed by atoms with van der Waals surface area (Å²) in [5.41, 5.74) is 0.0109. The highest BCUT2D eigenvalue weighted by atomic mass is 79.9. The Morgan fingerprint density at radius 2 is 1.95 bits per heavy atom. The van der Waals surface area contributed by atoms with E-state index in [0.717, 1.165) is 12.8 Å². The minimum atomic E-state index is -0.743. The second kappa shape index (κ2) is 7.02. The number of hydrogen-bond acceptors (Lipinski definition) is 2. The molecule has 21 heavy (non-hydrogen) atoms. The van der Waals surface area contributed by atoms with Gasteiger partial charge in [0.1, 0.15) is 5.82 Å². The van der Waals surface area contributed by atoms with E-state index in [0.29, 0.717) is 23.9 Å². The van der Waals surface area contributed by atoms with Gasteiger partial charge in [0.15, 0.2) is 0 Å². The van der Waals surface area contributed by atoms with Crippen molar-refractivity contribution in [2.45, 2.75) is 25.7 Å². The summed E-state index contributed by atoms with van der Waals surface area (Å²) in [7, 11) is 0. The van der Waals surface area contributed by atoms with Gasteiger partial charge in [-0.3, -0.25) is 9.59 Å². The fourth-order valence-electron chi connectivity index (χ4n) is 2.65. The zero-order chi connectivity index (χ0) is 15.4. The van der Waals surface area contributed by atoms with Crippen LogP contribution in [0.3, 0.4) is 0 Å². The highest BCUT2D eigenvalue weighted by Gasteiger charge is 2.26. The van der Waals surface area contributed by atoms with Crippen molar-refractivity contribution in [1.82, 2.24) is 5.32 Å². The van der Waals surface area contributed by atoms with Crippen LogP contribution >= 0.6 is 15.9 Å². The maximum absolute atomic E-state index is 13.7. The maximum atomic E-state index is 13.7. The van der Waals surface area contributed by atoms with Crippen molar-refractivity contribution in [2.75, 3.05) is 6.54 Å². The molecule has 0 aromatic heterocycles. The van der Waals surface area contributed by atoms with Gasteiger partial charge in [-0.15, -0.1) is 0 Å². The molecule has 1 fully saturated rings. The minimum absolute atomic E-state index is 0.0109. The number of carbonyl (C=O) groups excluding carboxylic acids is 1. The van der Waals surface area contributed by atoms with Crippen molar-refractivity contribution in [3.63, 3.8) is 0 Å². The maximum Gasteiger partial charge on any atom is 0.306 e. The minimum Gasteiger partial charge on any atom is -0.481 e. The first-order valence-corrected chi connectivity index (χ1v) is 7.73. The summed E-state index contributed by atoms with van der Waals surface area (Å²) < 4.78 is 14.1. The van der Waals surface area contributed by atoms with E-state index in [1.165, 1.54) is 12.1 Å². The molecule has 114 valence electrons. The first-order valence-electron chi connectivity index (χ1n) is 6.94. The van der Waals surface area contributed by atoms with E-state index in [1.54, 1.807) is 6.07 Å². The molecule has 2 N–H and O–H groups in total. The van der Waals surface area contributed by atoms with Crippen LogP contribution in [0.4, 0.5) is 4.39 Å². The summed E-state index contributed by atoms with van der Waals surface area (Å²) in [5.74, 6) is -1.75. The lowest BCUT2D eigenvalue weighted by Gasteiger charge is -2.26. The molecule has 1 saturated carbocycles. The van der Waals surface area contributed by atoms with Gasteiger partial charge in [0.05, 0.1) is 11.5 Å². The fraction of sp³-hybridized carbons (Fsp3) is 0.467. The van der Waals surface area contributed by atoms with E-state index < -0.39 is 17.7 Å². The third-order valence-electron chi connectivity index (χ3n) is 3.94. The van der Waals surface area contributed by atoms with Crippen LogP contribution in [0.15, 0.2) is 22.7 Å². The van der Waals surface area contributed by atoms with Crippen molar-refractivity contribution >= 4 is 27.8 Å². The van der Waals surface area contributed by atoms with Crippen molar-refractivity contribution in [2.24, 2.45) is 11.8 Å². The van der Waals surface area contributed by atoms with Gasteiger partial charge in [-0.2, -0.15) is 0 Å². The van der Waals surface area contributed by atoms with E-state index in [2.05, 4.69) is 21.2 Å². The zero-order valence-corrected chi connectivity index (χ0v) is 13.0. The van der Waals surface area contributed by atoms with Crippen LogP contribution < -0.4 is 5.32 Å². The largest absolute Gasteiger partial charge is 0.481 e. The molecule has 0 heterocycles. The quantitative estimate of drug-likeness (QED) is 0.869. The lowest BCUT2D eigenvalue weighted by atomic mass is 9.82. The molecule has 1 aliphatic carbocycles. The Morgan fingerprint density at radius 3 is 2.52 bits per heavy atom. The summed E-state index contributed by atoms with van der Waals surface area (Å²) in [6.07, 6.45) is 2.82. The molecule has 6 heteroatoms. The fourth-order valence-corrected chi connectivity index (χ4v) is 3.18. The lowest BCUT2D eigenvalue weighted by Crippen LogP contribution is -2.33. The Labute approximate surface area is 130 Å². The number of carbonyl (C=O) groups is 2. The predicted octanol–water partition coefficient (Wildman–Crippen LogP) is 3.21. The summed E-state index contributed by atoms with van der Waals surface area (Å²) in [5, 5.41) is 11.7. The van der Waals surface area contributed by atoms with Gasteiger partial charge >= 0.3 is 5.97 Å². The number of halogens is 2. The zero-order valence-electron chi connectivity index (χ0n) is 11.4. The van der Waals surface area contributed by atoms with Crippen molar-refractivity contribution in [3.05, 3.63) is 34.1 Å². The van der Waals surface area contributed by atoms with E-state index >= 15 is 0 Å². The van der Waals surface area contributed by atoms with Crippen LogP contribution in [0, 0.1) is 17.7 Å². The normalized spacial score (nSPS) is 21.8. The molecule has 1 aromatic rings. The Kier molecular flexibility index (Phi) is 5.33. The van der Waals surface area contributed by atoms with Crippen molar-refractivity contribution in [1.29, 1.82) is 0 Å². The van der Waals surface area contributed by atoms with Crippen molar-refractivity contribution < 1.29 is 19.1 Å². The highest BCUT2D eigenvalue weighted by molar-refractivity contribution is 9.10. The standard InChI is InChI=1S/C15H17BrFNO3/c16-11-2-1-3-12(17)13(11)14(19)18-8-9-4-6-10(7-5-9)15(20)21/h1-3,9-10H,4-8H2,(H,18,19)(H,20,21). The van der Waals surface area contributed by atoms with Gasteiger partial charge in [-0.25, -0.2) is 4.39 Å². The summed E-state index contributed by atoms with van der Waals surface area (Å²) >= 11 is 3.17. The SMILES string of the molecule is O=C(NCC1CCC(C(=O)O)CC1)c1c(F)cccc1Br. The Bertz CT molecular complexity index is 521. The molecule has 0 spiro atoms. The van der Waals surface area contributed by atoms with Gasteiger partial charge in [0.2, 0.25) is 0 Å². The first kappa shape index (κ1) is 15.9. The molecule has 0 saturated heterocycles. The van der Waals surface area contributed by atoms with Crippen LogP contribution in [0.1, 0.15) is 36.0 Å². The first-order chi connectivity index (χ1) is 9.99. The number of benzene rings is 1. The van der Waals surface area contributed by atoms with Crippen LogP contribution in [0.2, 0.25) is 0 Å². The lowest BCUT2D eigenvalue weighted by molar-refractivity contribution is -0.143. The number of carboxylic acids is 1. The van der Waals surface area contributed by atoms with Crippen LogP contribution in [0.25, 0.3) is 0 Å². The molecule has 0 aliphatic heterocycles. The smallest absolute Gasteiger partial charge is 0.306 e. The van der Waals surface area contributed by atoms with Crippen molar-refractivity contribution in [3.8, 4) is 0 Å². The van der Waals surface area contributed by atoms with Crippen LogP contribution in [0.5, 0.6) is 0 Å². The summed E-state index contributed by atoms with van der Waals surface area (Å²) in [4.78, 5) is 22.9. The summed E-state index contributed by atoms with van der Waals surface area (Å²) in [6, 6.07) is 4.40. The molecule has 0 unspecified atom stereocenters. The van der Waals surface area contributed by atoms with Gasteiger partial charge < -0.3 is 10.4 Å². The molecule has 0 radical (unpaired) electrons. The number of rotatable bonds is 4. The number of aliphatic carboxylic acids is 1. The molecule has 1 aromatic carbocycles. The Morgan fingerprint density at radius 1 is 1.29 bits per heavy atom. The topological polar surface area (TPSA) is 66.4 Å². The second-order valence-electron chi connectivity index (χ2n) is 5.36. The number of hydrogen-bond donors (Lipinski definition) is 2. The Balaban J connectivity index is 1.87. The molecule has 2 rings (SSSR count). The van der Waals surface area contributed by atoms with Crippen LogP contribution in [-0.2, 0) is 4.79 Å². The molecule has 4 nitrogen and oxygen atoms in total. The average Bonchev–Trinajstić information content (AvgIpc) is 2.45. The second-order valence-corrected chi connectivity index (χ2v) is 6.22. The predicted molar refractivity (Wildman–Crippen MR) is 79.5 cm³/mol. The van der Waals surface area contributed by atoms with E-state index in [9.17, 15) is 14.0 Å². The molecule has 0 atom stereocenters. The molecule has 1 amide bonds. The monoisotopic (exact) mass is 357 g/mol. The van der Waals surface area contributed by atoms with Gasteiger partial charge in [0, 0.05) is 11.0 Å². The average molecular weight is 358 g/mol. The number of amides is 1. The Hall–Kier alpha value is -1.43. The summed E-state index contributed by atoms with van der Waals surface area (Å²) in [6.45, 7) is 0.450. The molecule has 1 aliphatic rings. The van der Waals surface area contributed by atoms with E-state index in [4.69, 9.17) is 5.11 Å². The van der Waals surface area contributed by atoms with Gasteiger partial charge in [-0.05, 0) is 59.7 Å². The van der Waals surface area contributed by atoms with E-state index in [1.807, 2.05) is 0 Å². The third-order valence-corrected chi connectivity index (χ3v) is 4.60. The molecular weight excluding hydrogens is 341 g/mol.